The first-order valence-electron chi connectivity index (χ1n) is 6.69. The minimum absolute atomic E-state index is 0.544. The van der Waals surface area contributed by atoms with E-state index < -0.39 is 0 Å². The Morgan fingerprint density at radius 2 is 2.05 bits per heavy atom. The molecule has 0 fully saturated rings. The normalized spacial score (nSPS) is 10.6. The number of rotatable bonds is 4. The fraction of sp³-hybridized carbons (Fsp3) is 0.125. The molecule has 3 rings (SSSR count). The second-order valence-corrected chi connectivity index (χ2v) is 4.85. The molecular weight excluding hydrogens is 264 g/mol. The first-order chi connectivity index (χ1) is 10.2. The predicted molar refractivity (Wildman–Crippen MR) is 84.6 cm³/mol. The highest BCUT2D eigenvalue weighted by Crippen LogP contribution is 2.27. The number of nitrogens with one attached hydrogen (secondary N) is 2. The molecule has 0 spiro atoms. The number of imidazole rings is 1. The molecule has 0 aliphatic heterocycles. The van der Waals surface area contributed by atoms with Crippen molar-refractivity contribution in [2.24, 2.45) is 0 Å². The van der Waals surface area contributed by atoms with Crippen LogP contribution in [0.4, 0.5) is 11.5 Å². The summed E-state index contributed by atoms with van der Waals surface area (Å²) in [6.45, 7) is 2.09. The molecule has 0 unspecified atom stereocenters. The van der Waals surface area contributed by atoms with E-state index in [-0.39, 0.29) is 0 Å². The molecule has 21 heavy (non-hydrogen) atoms. The fourth-order valence-electron chi connectivity index (χ4n) is 2.37. The van der Waals surface area contributed by atoms with E-state index >= 15 is 0 Å². The Balaban J connectivity index is 2.10. The van der Waals surface area contributed by atoms with Gasteiger partial charge in [-0.25, -0.2) is 4.98 Å². The summed E-state index contributed by atoms with van der Waals surface area (Å²) in [5.74, 6) is 0.544. The van der Waals surface area contributed by atoms with Crippen molar-refractivity contribution in [3.63, 3.8) is 0 Å². The number of aryl methyl sites for hydroxylation is 1. The van der Waals surface area contributed by atoms with E-state index in [0.717, 1.165) is 16.9 Å². The van der Waals surface area contributed by atoms with Crippen LogP contribution >= 0.6 is 0 Å². The Kier molecular flexibility index (Phi) is 3.31. The zero-order valence-electron chi connectivity index (χ0n) is 11.9. The molecule has 2 N–H and O–H groups in total. The quantitative estimate of drug-likeness (QED) is 0.722. The van der Waals surface area contributed by atoms with E-state index in [9.17, 15) is 4.79 Å². The van der Waals surface area contributed by atoms with E-state index in [2.05, 4.69) is 40.7 Å². The van der Waals surface area contributed by atoms with Gasteiger partial charge in [0, 0.05) is 18.9 Å². The van der Waals surface area contributed by atoms with Crippen LogP contribution in [-0.2, 0) is 4.79 Å². The molecule has 2 heterocycles. The number of aromatic nitrogens is 2. The van der Waals surface area contributed by atoms with E-state index in [1.807, 2.05) is 29.8 Å². The highest BCUT2D eigenvalue weighted by atomic mass is 16.1. The smallest absolute Gasteiger partial charge is 0.212 e. The van der Waals surface area contributed by atoms with Crippen LogP contribution in [0.25, 0.3) is 16.8 Å². The van der Waals surface area contributed by atoms with Gasteiger partial charge in [0.05, 0.1) is 6.20 Å². The van der Waals surface area contributed by atoms with Crippen LogP contribution in [0.5, 0.6) is 0 Å². The molecular formula is C16H16N4O. The zero-order valence-corrected chi connectivity index (χ0v) is 11.9. The average Bonchev–Trinajstić information content (AvgIpc) is 2.89. The molecule has 0 atom stereocenters. The van der Waals surface area contributed by atoms with Crippen LogP contribution in [0, 0.1) is 6.92 Å². The number of pyridine rings is 1. The van der Waals surface area contributed by atoms with Crippen molar-refractivity contribution in [3.8, 4) is 11.1 Å². The lowest BCUT2D eigenvalue weighted by atomic mass is 10.0. The monoisotopic (exact) mass is 280 g/mol. The first kappa shape index (κ1) is 13.2. The van der Waals surface area contributed by atoms with Gasteiger partial charge in [-0.05, 0) is 47.9 Å². The average molecular weight is 280 g/mol. The topological polar surface area (TPSA) is 58.4 Å². The summed E-state index contributed by atoms with van der Waals surface area (Å²) >= 11 is 0. The van der Waals surface area contributed by atoms with Crippen molar-refractivity contribution in [3.05, 3.63) is 48.3 Å². The van der Waals surface area contributed by atoms with Gasteiger partial charge >= 0.3 is 0 Å². The van der Waals surface area contributed by atoms with Crippen LogP contribution < -0.4 is 10.6 Å². The summed E-state index contributed by atoms with van der Waals surface area (Å²) in [5, 5.41) is 5.72. The summed E-state index contributed by atoms with van der Waals surface area (Å²) in [7, 11) is 1.91. The van der Waals surface area contributed by atoms with Gasteiger partial charge in [0.15, 0.2) is 5.82 Å². The Morgan fingerprint density at radius 3 is 2.81 bits per heavy atom. The third-order valence-corrected chi connectivity index (χ3v) is 3.50. The summed E-state index contributed by atoms with van der Waals surface area (Å²) in [4.78, 5) is 14.8. The predicted octanol–water partition coefficient (Wildman–Crippen LogP) is 2.92. The van der Waals surface area contributed by atoms with Crippen LogP contribution in [-0.4, -0.2) is 22.8 Å². The lowest BCUT2D eigenvalue weighted by molar-refractivity contribution is -0.105. The SMILES string of the molecule is CNc1ccc(C)c(-c2ccc3nc(NC=O)cn3c2)c1. The highest BCUT2D eigenvalue weighted by Gasteiger charge is 2.06. The molecule has 2 aromatic heterocycles. The third kappa shape index (κ3) is 2.45. The van der Waals surface area contributed by atoms with E-state index in [0.29, 0.717) is 12.2 Å². The number of anilines is 2. The molecule has 0 aliphatic rings. The van der Waals surface area contributed by atoms with Crippen LogP contribution in [0.3, 0.4) is 0 Å². The molecule has 1 aromatic carbocycles. The fourth-order valence-corrected chi connectivity index (χ4v) is 2.37. The van der Waals surface area contributed by atoms with Crippen molar-refractivity contribution in [2.75, 3.05) is 17.7 Å². The van der Waals surface area contributed by atoms with Gasteiger partial charge in [0.1, 0.15) is 5.65 Å². The van der Waals surface area contributed by atoms with Gasteiger partial charge in [-0.3, -0.25) is 4.79 Å². The first-order valence-corrected chi connectivity index (χ1v) is 6.69. The Hall–Kier alpha value is -2.82. The lowest BCUT2D eigenvalue weighted by Gasteiger charge is -2.09. The second-order valence-electron chi connectivity index (χ2n) is 4.85. The maximum absolute atomic E-state index is 10.5. The van der Waals surface area contributed by atoms with Gasteiger partial charge < -0.3 is 15.0 Å². The van der Waals surface area contributed by atoms with Crippen molar-refractivity contribution in [1.29, 1.82) is 0 Å². The van der Waals surface area contributed by atoms with E-state index in [4.69, 9.17) is 0 Å². The molecule has 0 saturated carbocycles. The number of benzene rings is 1. The van der Waals surface area contributed by atoms with Crippen LogP contribution in [0.2, 0.25) is 0 Å². The Morgan fingerprint density at radius 1 is 1.19 bits per heavy atom. The number of hydrogen-bond donors (Lipinski definition) is 2. The van der Waals surface area contributed by atoms with E-state index in [1.54, 1.807) is 6.20 Å². The Bertz CT molecular complexity index is 807. The number of hydrogen-bond acceptors (Lipinski definition) is 3. The molecule has 3 aromatic rings. The summed E-state index contributed by atoms with van der Waals surface area (Å²) < 4.78 is 1.91. The highest BCUT2D eigenvalue weighted by molar-refractivity contribution is 5.73. The van der Waals surface area contributed by atoms with E-state index in [1.165, 1.54) is 11.1 Å². The van der Waals surface area contributed by atoms with Crippen molar-refractivity contribution >= 4 is 23.6 Å². The van der Waals surface area contributed by atoms with Gasteiger partial charge in [-0.2, -0.15) is 0 Å². The minimum Gasteiger partial charge on any atom is -0.388 e. The van der Waals surface area contributed by atoms with Crippen LogP contribution in [0.15, 0.2) is 42.7 Å². The largest absolute Gasteiger partial charge is 0.388 e. The Labute approximate surface area is 122 Å². The van der Waals surface area contributed by atoms with Gasteiger partial charge in [-0.1, -0.05) is 6.07 Å². The molecule has 5 heteroatoms. The number of carbonyl (C=O) groups excluding carboxylic acids is 1. The molecule has 0 bridgehead atoms. The third-order valence-electron chi connectivity index (χ3n) is 3.50. The maximum Gasteiger partial charge on any atom is 0.212 e. The summed E-state index contributed by atoms with van der Waals surface area (Å²) in [6.07, 6.45) is 4.44. The zero-order chi connectivity index (χ0) is 14.8. The molecule has 1 amide bonds. The standard InChI is InChI=1S/C16H16N4O/c1-11-3-5-13(17-2)7-14(11)12-4-6-16-19-15(18-10-21)9-20(16)8-12/h3-10,17H,1-2H3,(H,18,21). The summed E-state index contributed by atoms with van der Waals surface area (Å²) in [6, 6.07) is 10.3. The minimum atomic E-state index is 0.544. The van der Waals surface area contributed by atoms with Crippen molar-refractivity contribution in [2.45, 2.75) is 6.92 Å². The van der Waals surface area contributed by atoms with Gasteiger partial charge in [-0.15, -0.1) is 0 Å². The molecule has 5 nitrogen and oxygen atoms in total. The van der Waals surface area contributed by atoms with Crippen molar-refractivity contribution in [1.82, 2.24) is 9.38 Å². The number of carbonyl (C=O) groups is 1. The number of fused-ring (bicyclic) bond motifs is 1. The second kappa shape index (κ2) is 5.28. The maximum atomic E-state index is 10.5. The number of nitrogens with zero attached hydrogens (tertiary/aromatic N) is 2. The number of amides is 1. The van der Waals surface area contributed by atoms with Gasteiger partial charge in [0.25, 0.3) is 0 Å². The van der Waals surface area contributed by atoms with Crippen LogP contribution in [0.1, 0.15) is 5.56 Å². The van der Waals surface area contributed by atoms with Gasteiger partial charge in [0.2, 0.25) is 6.41 Å². The summed E-state index contributed by atoms with van der Waals surface area (Å²) in [5.41, 5.74) is 5.35. The molecule has 0 radical (unpaired) electrons. The molecule has 106 valence electrons. The lowest BCUT2D eigenvalue weighted by Crippen LogP contribution is -1.92. The van der Waals surface area contributed by atoms with Crippen molar-refractivity contribution < 1.29 is 4.79 Å². The molecule has 0 saturated heterocycles. The molecule has 0 aliphatic carbocycles.